The summed E-state index contributed by atoms with van der Waals surface area (Å²) in [6.45, 7) is 3.91. The Hall–Kier alpha value is -2.54. The lowest BCUT2D eigenvalue weighted by atomic mass is 10.2. The molecule has 1 aromatic rings. The molecule has 0 aromatic heterocycles. The molecule has 0 amide bonds. The maximum absolute atomic E-state index is 9.55. The van der Waals surface area contributed by atoms with E-state index in [4.69, 9.17) is 19.7 Å². The van der Waals surface area contributed by atoms with Gasteiger partial charge in [-0.25, -0.2) is 9.59 Å². The zero-order chi connectivity index (χ0) is 18.5. The molecule has 0 heterocycles. The van der Waals surface area contributed by atoms with Gasteiger partial charge in [-0.05, 0) is 26.2 Å². The van der Waals surface area contributed by atoms with Crippen molar-refractivity contribution < 1.29 is 29.3 Å². The third-order valence-electron chi connectivity index (χ3n) is 2.64. The van der Waals surface area contributed by atoms with E-state index in [-0.39, 0.29) is 0 Å². The van der Waals surface area contributed by atoms with Crippen LogP contribution in [0.2, 0.25) is 0 Å². The van der Waals surface area contributed by atoms with Crippen molar-refractivity contribution in [3.63, 3.8) is 0 Å². The average molecular weight is 339 g/mol. The molecule has 0 radical (unpaired) electrons. The molecule has 2 N–H and O–H groups in total. The number of nitrogens with zero attached hydrogens (tertiary/aromatic N) is 1. The van der Waals surface area contributed by atoms with Gasteiger partial charge in [-0.1, -0.05) is 19.1 Å². The number of para-hydroxylation sites is 2. The smallest absolute Gasteiger partial charge is 0.328 e. The van der Waals surface area contributed by atoms with Crippen LogP contribution >= 0.6 is 0 Å². The van der Waals surface area contributed by atoms with Crippen LogP contribution in [0.5, 0.6) is 11.5 Å². The van der Waals surface area contributed by atoms with E-state index in [0.717, 1.165) is 18.0 Å². The van der Waals surface area contributed by atoms with Crippen molar-refractivity contribution in [3.8, 4) is 11.5 Å². The first-order chi connectivity index (χ1) is 11.3. The van der Waals surface area contributed by atoms with Crippen LogP contribution in [0.25, 0.3) is 0 Å². The Balaban J connectivity index is 0.000000561. The van der Waals surface area contributed by atoms with Gasteiger partial charge in [-0.3, -0.25) is 0 Å². The molecular formula is C17H25NO6. The van der Waals surface area contributed by atoms with E-state index in [2.05, 4.69) is 25.9 Å². The Kier molecular flexibility index (Phi) is 10.7. The number of carboxylic acids is 2. The summed E-state index contributed by atoms with van der Waals surface area (Å²) in [6.07, 6.45) is 1.12. The van der Waals surface area contributed by atoms with E-state index in [1.807, 2.05) is 24.3 Å². The number of ether oxygens (including phenoxy) is 2. The van der Waals surface area contributed by atoms with Gasteiger partial charge in [0.25, 0.3) is 0 Å². The summed E-state index contributed by atoms with van der Waals surface area (Å²) in [6, 6.07) is 7.73. The fourth-order valence-electron chi connectivity index (χ4n) is 1.79. The Labute approximate surface area is 142 Å². The zero-order valence-corrected chi connectivity index (χ0v) is 14.4. The molecule has 134 valence electrons. The van der Waals surface area contributed by atoms with Crippen molar-refractivity contribution in [1.29, 1.82) is 0 Å². The summed E-state index contributed by atoms with van der Waals surface area (Å²) < 4.78 is 11.0. The fourth-order valence-corrected chi connectivity index (χ4v) is 1.79. The van der Waals surface area contributed by atoms with Crippen molar-refractivity contribution in [3.05, 3.63) is 36.4 Å². The van der Waals surface area contributed by atoms with Crippen LogP contribution in [0.15, 0.2) is 36.4 Å². The summed E-state index contributed by atoms with van der Waals surface area (Å²) in [5.74, 6) is -0.408. The number of carbonyl (C=O) groups is 2. The number of methoxy groups -OCH3 is 1. The quantitative estimate of drug-likeness (QED) is 0.699. The van der Waals surface area contributed by atoms with Crippen molar-refractivity contribution in [2.24, 2.45) is 5.92 Å². The van der Waals surface area contributed by atoms with E-state index in [1.54, 1.807) is 7.11 Å². The molecule has 1 aromatic carbocycles. The molecule has 1 unspecified atom stereocenters. The highest BCUT2D eigenvalue weighted by Crippen LogP contribution is 2.26. The predicted octanol–water partition coefficient (Wildman–Crippen LogP) is 1.98. The lowest BCUT2D eigenvalue weighted by Gasteiger charge is -2.18. The molecule has 0 aliphatic rings. The summed E-state index contributed by atoms with van der Waals surface area (Å²) in [5.41, 5.74) is 0. The van der Waals surface area contributed by atoms with Gasteiger partial charge >= 0.3 is 11.9 Å². The minimum Gasteiger partial charge on any atom is -0.493 e. The standard InChI is InChI=1S/C13H21NO2.C4H4O4/c1-11(9-14(2)3)10-16-13-8-6-5-7-12(13)15-4;5-3(6)1-2-4(7)8/h5-8,11H,9-10H2,1-4H3;1-2H,(H,5,6)(H,7,8)/b;2-1+. The lowest BCUT2D eigenvalue weighted by Crippen LogP contribution is -2.24. The number of hydrogen-bond donors (Lipinski definition) is 2. The van der Waals surface area contributed by atoms with E-state index in [9.17, 15) is 9.59 Å². The summed E-state index contributed by atoms with van der Waals surface area (Å²) in [4.78, 5) is 21.3. The first-order valence-electron chi connectivity index (χ1n) is 7.30. The summed E-state index contributed by atoms with van der Waals surface area (Å²) in [7, 11) is 5.80. The Bertz CT molecular complexity index is 526. The first-order valence-corrected chi connectivity index (χ1v) is 7.30. The maximum atomic E-state index is 9.55. The molecule has 1 atom stereocenters. The SMILES string of the molecule is COc1ccccc1OCC(C)CN(C)C.O=C(O)/C=C/C(=O)O. The summed E-state index contributed by atoms with van der Waals surface area (Å²) >= 11 is 0. The molecule has 0 spiro atoms. The Morgan fingerprint density at radius 1 is 1.12 bits per heavy atom. The van der Waals surface area contributed by atoms with Crippen molar-refractivity contribution in [2.45, 2.75) is 6.92 Å². The van der Waals surface area contributed by atoms with Crippen LogP contribution in [0.4, 0.5) is 0 Å². The Morgan fingerprint density at radius 2 is 1.62 bits per heavy atom. The fraction of sp³-hybridized carbons (Fsp3) is 0.412. The topological polar surface area (TPSA) is 96.3 Å². The van der Waals surface area contributed by atoms with Gasteiger partial charge in [0.05, 0.1) is 13.7 Å². The molecule has 7 heteroatoms. The third-order valence-corrected chi connectivity index (χ3v) is 2.64. The van der Waals surface area contributed by atoms with Gasteiger partial charge in [-0.2, -0.15) is 0 Å². The molecule has 1 rings (SSSR count). The number of benzene rings is 1. The highest BCUT2D eigenvalue weighted by Gasteiger charge is 2.07. The molecule has 0 fully saturated rings. The summed E-state index contributed by atoms with van der Waals surface area (Å²) in [5, 5.41) is 15.6. The van der Waals surface area contributed by atoms with E-state index in [1.165, 1.54) is 0 Å². The monoisotopic (exact) mass is 339 g/mol. The van der Waals surface area contributed by atoms with Crippen LogP contribution < -0.4 is 9.47 Å². The number of carboxylic acid groups (broad SMARTS) is 2. The molecule has 7 nitrogen and oxygen atoms in total. The molecule has 0 saturated carbocycles. The van der Waals surface area contributed by atoms with Crippen LogP contribution in [-0.4, -0.2) is 61.4 Å². The molecule has 0 aliphatic carbocycles. The third kappa shape index (κ3) is 11.1. The highest BCUT2D eigenvalue weighted by molar-refractivity contribution is 5.89. The average Bonchev–Trinajstić information content (AvgIpc) is 2.51. The molecule has 0 saturated heterocycles. The lowest BCUT2D eigenvalue weighted by molar-refractivity contribution is -0.134. The van der Waals surface area contributed by atoms with Crippen molar-refractivity contribution >= 4 is 11.9 Å². The second-order valence-electron chi connectivity index (χ2n) is 5.34. The van der Waals surface area contributed by atoms with Gasteiger partial charge < -0.3 is 24.6 Å². The minimum absolute atomic E-state index is 0.500. The molecule has 0 aliphatic heterocycles. The van der Waals surface area contributed by atoms with Crippen LogP contribution in [-0.2, 0) is 9.59 Å². The van der Waals surface area contributed by atoms with Crippen LogP contribution in [0.1, 0.15) is 6.92 Å². The highest BCUT2D eigenvalue weighted by atomic mass is 16.5. The van der Waals surface area contributed by atoms with Gasteiger partial charge in [0.2, 0.25) is 0 Å². The first kappa shape index (κ1) is 21.5. The predicted molar refractivity (Wildman–Crippen MR) is 90.6 cm³/mol. The van der Waals surface area contributed by atoms with Gasteiger partial charge in [0.15, 0.2) is 11.5 Å². The second kappa shape index (κ2) is 12.0. The molecule has 0 bridgehead atoms. The molecule has 24 heavy (non-hydrogen) atoms. The molecular weight excluding hydrogens is 314 g/mol. The van der Waals surface area contributed by atoms with Crippen molar-refractivity contribution in [1.82, 2.24) is 4.90 Å². The van der Waals surface area contributed by atoms with Crippen LogP contribution in [0, 0.1) is 5.92 Å². The zero-order valence-electron chi connectivity index (χ0n) is 14.4. The number of rotatable bonds is 8. The van der Waals surface area contributed by atoms with E-state index >= 15 is 0 Å². The van der Waals surface area contributed by atoms with E-state index in [0.29, 0.717) is 24.7 Å². The Morgan fingerprint density at radius 3 is 2.04 bits per heavy atom. The maximum Gasteiger partial charge on any atom is 0.328 e. The largest absolute Gasteiger partial charge is 0.493 e. The van der Waals surface area contributed by atoms with Crippen molar-refractivity contribution in [2.75, 3.05) is 34.4 Å². The second-order valence-corrected chi connectivity index (χ2v) is 5.34. The van der Waals surface area contributed by atoms with Gasteiger partial charge in [-0.15, -0.1) is 0 Å². The number of aliphatic carboxylic acids is 2. The number of hydrogen-bond acceptors (Lipinski definition) is 5. The van der Waals surface area contributed by atoms with Crippen LogP contribution in [0.3, 0.4) is 0 Å². The minimum atomic E-state index is -1.26. The normalized spacial score (nSPS) is 11.5. The van der Waals surface area contributed by atoms with Gasteiger partial charge in [0.1, 0.15) is 0 Å². The van der Waals surface area contributed by atoms with Gasteiger partial charge in [0, 0.05) is 24.6 Å². The van der Waals surface area contributed by atoms with E-state index < -0.39 is 11.9 Å².